The van der Waals surface area contributed by atoms with Gasteiger partial charge in [0.05, 0.1) is 0 Å². The standard InChI is InChI=1S/2C12H24.2C11H22.4C2H6.4H2/c2*1-10(2)12(11(3)4)8-6-5-7-9-12;2*1-9(2)11(10(3)4)7-5-6-8-11;4*1-2;;;;/h2*10-11H,5-9H2,1-4H3;2*9-10H,5-8H2,1-4H3;4*1-2H3;4*1H/i;;;;;;;;4*1+1. The Hall–Kier alpha value is 0. The molecular weight excluding hydrogens is 649 g/mol. The third-order valence-corrected chi connectivity index (χ3v) is 15.8. The van der Waals surface area contributed by atoms with Gasteiger partial charge in [-0.15, -0.1) is 0 Å². The van der Waals surface area contributed by atoms with Gasteiger partial charge in [0.25, 0.3) is 0 Å². The maximum atomic E-state index is 2.41. The number of hydrogen-bond acceptors (Lipinski definition) is 0. The SMILES string of the molecule is CC.CC.CC.CC.CC(C)C1(C(C)C)CCCC1.CC(C)C1(C(C)C)CCCC1.CC(C)C1(C(C)C)CCCCC1.CC(C)C1(C(C)C)CCCCC1.[2HH].[2HH].[2HH].[2HH]. The normalized spacial score (nSPS) is 20.4. The van der Waals surface area contributed by atoms with Gasteiger partial charge in [0.15, 0.2) is 0 Å². The highest BCUT2D eigenvalue weighted by molar-refractivity contribution is 4.91. The molecule has 0 bridgehead atoms. The second-order valence-corrected chi connectivity index (χ2v) is 19.7. The van der Waals surface area contributed by atoms with Crippen molar-refractivity contribution in [2.75, 3.05) is 0 Å². The largest absolute Gasteiger partial charge is 0.0683 e. The first-order valence-electron chi connectivity index (χ1n) is 25.4. The topological polar surface area (TPSA) is 0 Å². The lowest BCUT2D eigenvalue weighted by molar-refractivity contribution is 0.0587. The van der Waals surface area contributed by atoms with Crippen LogP contribution < -0.4 is 0 Å². The van der Waals surface area contributed by atoms with Gasteiger partial charge in [0.2, 0.25) is 0 Å². The highest BCUT2D eigenvalue weighted by Crippen LogP contribution is 2.51. The molecule has 0 heteroatoms. The molecule has 0 spiro atoms. The Balaban J connectivity index is -0.0000000884. The molecule has 0 atom stereocenters. The van der Waals surface area contributed by atoms with E-state index in [0.29, 0.717) is 21.7 Å². The van der Waals surface area contributed by atoms with Gasteiger partial charge in [-0.3, -0.25) is 0 Å². The van der Waals surface area contributed by atoms with Crippen molar-refractivity contribution in [1.29, 1.82) is 0 Å². The predicted molar refractivity (Wildman–Crippen MR) is 265 cm³/mol. The molecule has 0 aromatic carbocycles. The van der Waals surface area contributed by atoms with Crippen molar-refractivity contribution in [1.82, 2.24) is 0 Å². The molecule has 54 heavy (non-hydrogen) atoms. The van der Waals surface area contributed by atoms with Crippen molar-refractivity contribution < 1.29 is 5.71 Å². The summed E-state index contributed by atoms with van der Waals surface area (Å²) in [6, 6.07) is 0. The van der Waals surface area contributed by atoms with E-state index in [1.54, 1.807) is 0 Å². The molecule has 340 valence electrons. The monoisotopic (exact) mass is 777 g/mol. The Morgan fingerprint density at radius 1 is 0.204 bits per heavy atom. The summed E-state index contributed by atoms with van der Waals surface area (Å²) < 4.78 is 0. The van der Waals surface area contributed by atoms with Crippen molar-refractivity contribution in [2.24, 2.45) is 69.0 Å². The van der Waals surface area contributed by atoms with Gasteiger partial charge in [0.1, 0.15) is 0 Å². The molecule has 0 aromatic rings. The maximum absolute atomic E-state index is 2.41. The molecule has 0 radical (unpaired) electrons. The van der Waals surface area contributed by atoms with Gasteiger partial charge in [0, 0.05) is 5.71 Å². The second-order valence-electron chi connectivity index (χ2n) is 19.7. The number of hydrogen-bond donors (Lipinski definition) is 0. The first-order valence-corrected chi connectivity index (χ1v) is 25.4. The summed E-state index contributed by atoms with van der Waals surface area (Å²) in [7, 11) is 0. The van der Waals surface area contributed by atoms with E-state index < -0.39 is 0 Å². The van der Waals surface area contributed by atoms with Gasteiger partial charge >= 0.3 is 0 Å². The molecule has 0 nitrogen and oxygen atoms in total. The van der Waals surface area contributed by atoms with Crippen LogP contribution in [0.15, 0.2) is 0 Å². The minimum Gasteiger partial charge on any atom is -0.0683 e. The van der Waals surface area contributed by atoms with E-state index >= 15 is 0 Å². The summed E-state index contributed by atoms with van der Waals surface area (Å²) in [5, 5.41) is 0. The zero-order chi connectivity index (χ0) is 43.3. The zero-order valence-electron chi connectivity index (χ0n) is 43.3. The molecule has 4 rings (SSSR count). The molecule has 4 fully saturated rings. The predicted octanol–water partition coefficient (Wildman–Crippen LogP) is 21.3. The summed E-state index contributed by atoms with van der Waals surface area (Å²) in [6.45, 7) is 54.4. The molecule has 4 saturated carbocycles. The minimum absolute atomic E-state index is 0. The van der Waals surface area contributed by atoms with Crippen LogP contribution in [0.2, 0.25) is 0 Å². The molecule has 0 amide bonds. The molecule has 0 saturated heterocycles. The van der Waals surface area contributed by atoms with Gasteiger partial charge < -0.3 is 0 Å². The van der Waals surface area contributed by atoms with Gasteiger partial charge in [-0.05, 0) is 120 Å². The van der Waals surface area contributed by atoms with Crippen LogP contribution in [0.5, 0.6) is 0 Å². The summed E-state index contributed by atoms with van der Waals surface area (Å²) in [5.74, 6) is 7.01. The highest BCUT2D eigenvalue weighted by Gasteiger charge is 2.41. The quantitative estimate of drug-likeness (QED) is 0.230. The lowest BCUT2D eigenvalue weighted by atomic mass is 9.61. The minimum atomic E-state index is 0. The Labute approximate surface area is 355 Å². The van der Waals surface area contributed by atoms with Crippen LogP contribution in [0.4, 0.5) is 0 Å². The van der Waals surface area contributed by atoms with Crippen LogP contribution in [-0.4, -0.2) is 0 Å². The fraction of sp³-hybridized carbons (Fsp3) is 1.00. The Bertz CT molecular complexity index is 665. The first kappa shape index (κ1) is 60.7. The summed E-state index contributed by atoms with van der Waals surface area (Å²) >= 11 is 0. The van der Waals surface area contributed by atoms with E-state index in [9.17, 15) is 0 Å². The molecule has 0 heterocycles. The van der Waals surface area contributed by atoms with E-state index in [4.69, 9.17) is 0 Å². The summed E-state index contributed by atoms with van der Waals surface area (Å²) in [6.07, 6.45) is 26.5. The van der Waals surface area contributed by atoms with Crippen LogP contribution >= 0.6 is 0 Å². The van der Waals surface area contributed by atoms with Gasteiger partial charge in [-0.25, -0.2) is 0 Å². The maximum Gasteiger partial charge on any atom is 0 e. The van der Waals surface area contributed by atoms with Crippen molar-refractivity contribution in [2.45, 2.75) is 282 Å². The first-order chi connectivity index (χ1) is 25.4. The Morgan fingerprint density at radius 2 is 0.296 bits per heavy atom. The van der Waals surface area contributed by atoms with Crippen LogP contribution in [0, 0.1) is 69.0 Å². The molecule has 0 aromatic heterocycles. The van der Waals surface area contributed by atoms with E-state index in [-0.39, 0.29) is 5.71 Å². The van der Waals surface area contributed by atoms with Crippen molar-refractivity contribution >= 4 is 0 Å². The Morgan fingerprint density at radius 3 is 0.370 bits per heavy atom. The lowest BCUT2D eigenvalue weighted by Crippen LogP contribution is -2.35. The third kappa shape index (κ3) is 18.3. The van der Waals surface area contributed by atoms with Gasteiger partial charge in [-0.2, -0.15) is 0 Å². The van der Waals surface area contributed by atoms with Crippen molar-refractivity contribution in [3.63, 3.8) is 0 Å². The van der Waals surface area contributed by atoms with Crippen LogP contribution in [0.1, 0.15) is 287 Å². The van der Waals surface area contributed by atoms with Crippen LogP contribution in [0.25, 0.3) is 0 Å². The van der Waals surface area contributed by atoms with E-state index in [0.717, 1.165) is 47.3 Å². The molecular formula is C54H124. The summed E-state index contributed by atoms with van der Waals surface area (Å²) in [5.41, 5.74) is 2.75. The van der Waals surface area contributed by atoms with E-state index in [1.807, 2.05) is 55.4 Å². The fourth-order valence-corrected chi connectivity index (χ4v) is 11.8. The Kier molecular flexibility index (Phi) is 37.0. The smallest absolute Gasteiger partial charge is 0 e. The molecule has 0 aliphatic heterocycles. The third-order valence-electron chi connectivity index (χ3n) is 15.8. The van der Waals surface area contributed by atoms with Crippen molar-refractivity contribution in [3.05, 3.63) is 0 Å². The second kappa shape index (κ2) is 32.9. The molecule has 4 aliphatic carbocycles. The van der Waals surface area contributed by atoms with Crippen LogP contribution in [-0.2, 0) is 0 Å². The van der Waals surface area contributed by atoms with Crippen LogP contribution in [0.3, 0.4) is 0 Å². The summed E-state index contributed by atoms with van der Waals surface area (Å²) in [4.78, 5) is 0. The molecule has 4 aliphatic rings. The van der Waals surface area contributed by atoms with Gasteiger partial charge in [-0.1, -0.05) is 230 Å². The average Bonchev–Trinajstić information content (AvgIpc) is 3.89. The fourth-order valence-electron chi connectivity index (χ4n) is 11.8. The van der Waals surface area contributed by atoms with E-state index in [2.05, 4.69) is 111 Å². The van der Waals surface area contributed by atoms with Crippen molar-refractivity contribution in [3.8, 4) is 0 Å². The molecule has 0 unspecified atom stereocenters. The lowest BCUT2D eigenvalue weighted by Gasteiger charge is -2.44. The van der Waals surface area contributed by atoms with E-state index in [1.165, 1.54) is 116 Å². The zero-order valence-corrected chi connectivity index (χ0v) is 43.3. The number of rotatable bonds is 8. The average molecular weight is 778 g/mol. The molecule has 0 N–H and O–H groups in total. The highest BCUT2D eigenvalue weighted by atomic mass is 14.5.